The van der Waals surface area contributed by atoms with Gasteiger partial charge in [0.2, 0.25) is 0 Å². The summed E-state index contributed by atoms with van der Waals surface area (Å²) in [4.78, 5) is 15.2. The molecule has 2 aromatic carbocycles. The lowest BCUT2D eigenvalue weighted by Crippen LogP contribution is -1.97. The van der Waals surface area contributed by atoms with Crippen LogP contribution in [0.25, 0.3) is 33.8 Å². The van der Waals surface area contributed by atoms with Crippen LogP contribution >= 0.6 is 0 Å². The molecule has 3 aromatic heterocycles. The van der Waals surface area contributed by atoms with Crippen LogP contribution in [-0.4, -0.2) is 30.7 Å². The van der Waals surface area contributed by atoms with E-state index in [0.29, 0.717) is 0 Å². The Kier molecular flexibility index (Phi) is 5.32. The number of nitrogens with one attached hydrogen (secondary N) is 1. The lowest BCUT2D eigenvalue weighted by Gasteiger charge is -2.17. The fourth-order valence-corrected chi connectivity index (χ4v) is 4.17. The number of hydrogen-bond donors (Lipinski definition) is 2. The van der Waals surface area contributed by atoms with Crippen LogP contribution in [-0.2, 0) is 4.79 Å². The highest BCUT2D eigenvalue weighted by molar-refractivity contribution is 6.00. The molecule has 0 saturated carbocycles. The molecule has 6 heteroatoms. The number of benzene rings is 2. The maximum Gasteiger partial charge on any atom is 0.328 e. The zero-order chi connectivity index (χ0) is 22.8. The van der Waals surface area contributed by atoms with E-state index in [0.717, 1.165) is 56.9 Å². The molecule has 0 aliphatic heterocycles. The van der Waals surface area contributed by atoms with E-state index < -0.39 is 5.97 Å². The van der Waals surface area contributed by atoms with Crippen LogP contribution in [0.2, 0.25) is 0 Å². The normalized spacial score (nSPS) is 12.5. The van der Waals surface area contributed by atoms with E-state index in [2.05, 4.69) is 46.5 Å². The van der Waals surface area contributed by atoms with E-state index in [1.165, 1.54) is 5.57 Å². The summed E-state index contributed by atoms with van der Waals surface area (Å²) in [6, 6.07) is 18.4. The zero-order valence-corrected chi connectivity index (χ0v) is 18.1. The molecule has 33 heavy (non-hydrogen) atoms. The number of hydrogen-bond acceptors (Lipinski definition) is 3. The van der Waals surface area contributed by atoms with E-state index in [1.807, 2.05) is 53.2 Å². The number of pyridine rings is 1. The van der Waals surface area contributed by atoms with Crippen molar-refractivity contribution in [2.24, 2.45) is 0 Å². The third kappa shape index (κ3) is 4.06. The number of H-pyrrole nitrogens is 1. The number of imidazole rings is 1. The Morgan fingerprint density at radius 3 is 2.64 bits per heavy atom. The maximum absolute atomic E-state index is 10.9. The van der Waals surface area contributed by atoms with E-state index in [-0.39, 0.29) is 0 Å². The average molecular weight is 434 g/mol. The number of carboxylic acid groups (broad SMARTS) is 1. The molecule has 0 spiro atoms. The molecule has 0 radical (unpaired) electrons. The first-order chi connectivity index (χ1) is 16.1. The molecule has 0 unspecified atom stereocenters. The molecule has 5 aromatic rings. The fraction of sp³-hybridized carbons (Fsp3) is 0.0741. The average Bonchev–Trinajstić information content (AvgIpc) is 3.50. The molecule has 0 atom stereocenters. The van der Waals surface area contributed by atoms with Crippen molar-refractivity contribution in [1.82, 2.24) is 19.6 Å². The Morgan fingerprint density at radius 2 is 1.85 bits per heavy atom. The van der Waals surface area contributed by atoms with Gasteiger partial charge < -0.3 is 9.51 Å². The Hall–Kier alpha value is -4.45. The van der Waals surface area contributed by atoms with Gasteiger partial charge >= 0.3 is 5.97 Å². The standard InChI is InChI=1S/C27H22N4O2/c1-2-23(21-9-11-25-28-13-14-31(25)17-21)27(20-8-10-24-22(15-20)16-29-30-24)19-6-3-18(4-7-19)5-12-26(32)33/h3-17H,2H2,1H3,(H,29,30)(H,32,33). The predicted molar refractivity (Wildman–Crippen MR) is 131 cm³/mol. The Labute approximate surface area is 190 Å². The van der Waals surface area contributed by atoms with Gasteiger partial charge in [0.05, 0.1) is 11.7 Å². The van der Waals surface area contributed by atoms with Crippen molar-refractivity contribution in [3.8, 4) is 0 Å². The van der Waals surface area contributed by atoms with Crippen LogP contribution in [0.15, 0.2) is 85.5 Å². The second kappa shape index (κ2) is 8.59. The van der Waals surface area contributed by atoms with Crippen molar-refractivity contribution in [2.75, 3.05) is 0 Å². The molecule has 0 bridgehead atoms. The predicted octanol–water partition coefficient (Wildman–Crippen LogP) is 5.68. The number of nitrogens with zero attached hydrogens (tertiary/aromatic N) is 3. The highest BCUT2D eigenvalue weighted by Crippen LogP contribution is 2.35. The maximum atomic E-state index is 10.9. The number of rotatable bonds is 6. The van der Waals surface area contributed by atoms with Gasteiger partial charge in [-0.2, -0.15) is 5.10 Å². The topological polar surface area (TPSA) is 83.3 Å². The summed E-state index contributed by atoms with van der Waals surface area (Å²) in [7, 11) is 0. The summed E-state index contributed by atoms with van der Waals surface area (Å²) in [6.07, 6.45) is 11.3. The number of carbonyl (C=O) groups is 1. The van der Waals surface area contributed by atoms with Gasteiger partial charge in [-0.15, -0.1) is 0 Å². The van der Waals surface area contributed by atoms with E-state index in [4.69, 9.17) is 5.11 Å². The summed E-state index contributed by atoms with van der Waals surface area (Å²) in [6.45, 7) is 2.16. The number of aliphatic carboxylic acids is 1. The lowest BCUT2D eigenvalue weighted by molar-refractivity contribution is -0.131. The second-order valence-corrected chi connectivity index (χ2v) is 7.78. The van der Waals surface area contributed by atoms with Crippen molar-refractivity contribution in [1.29, 1.82) is 0 Å². The minimum Gasteiger partial charge on any atom is -0.478 e. The quantitative estimate of drug-likeness (QED) is 0.337. The monoisotopic (exact) mass is 434 g/mol. The number of carboxylic acids is 1. The van der Waals surface area contributed by atoms with Crippen molar-refractivity contribution in [3.63, 3.8) is 0 Å². The third-order valence-corrected chi connectivity index (χ3v) is 5.74. The van der Waals surface area contributed by atoms with Crippen molar-refractivity contribution >= 4 is 39.7 Å². The highest BCUT2D eigenvalue weighted by atomic mass is 16.4. The SMILES string of the molecule is CCC(=C(c1ccc(C=CC(=O)O)cc1)c1ccc2[nH]ncc2c1)c1ccc2nccn2c1. The van der Waals surface area contributed by atoms with Crippen molar-refractivity contribution in [2.45, 2.75) is 13.3 Å². The van der Waals surface area contributed by atoms with Gasteiger partial charge in [-0.25, -0.2) is 9.78 Å². The van der Waals surface area contributed by atoms with Crippen LogP contribution in [0.4, 0.5) is 0 Å². The third-order valence-electron chi connectivity index (χ3n) is 5.74. The Morgan fingerprint density at radius 1 is 1.06 bits per heavy atom. The number of allylic oxidation sites excluding steroid dienone is 1. The minimum absolute atomic E-state index is 0.833. The lowest BCUT2D eigenvalue weighted by atomic mass is 9.88. The van der Waals surface area contributed by atoms with Crippen LogP contribution in [0.1, 0.15) is 35.6 Å². The minimum atomic E-state index is -0.962. The number of aromatic amines is 1. The van der Waals surface area contributed by atoms with Crippen molar-refractivity contribution < 1.29 is 9.90 Å². The van der Waals surface area contributed by atoms with Crippen LogP contribution in [0, 0.1) is 0 Å². The molecule has 6 nitrogen and oxygen atoms in total. The van der Waals surface area contributed by atoms with E-state index in [9.17, 15) is 4.79 Å². The van der Waals surface area contributed by atoms with E-state index in [1.54, 1.807) is 12.3 Å². The summed E-state index contributed by atoms with van der Waals surface area (Å²) >= 11 is 0. The van der Waals surface area contributed by atoms with Crippen LogP contribution < -0.4 is 0 Å². The second-order valence-electron chi connectivity index (χ2n) is 7.78. The largest absolute Gasteiger partial charge is 0.478 e. The van der Waals surface area contributed by atoms with Crippen LogP contribution in [0.5, 0.6) is 0 Å². The van der Waals surface area contributed by atoms with Gasteiger partial charge in [0.15, 0.2) is 0 Å². The summed E-state index contributed by atoms with van der Waals surface area (Å²) in [5.41, 5.74) is 8.36. The molecule has 0 saturated heterocycles. The van der Waals surface area contributed by atoms with Gasteiger partial charge in [-0.1, -0.05) is 37.3 Å². The first-order valence-corrected chi connectivity index (χ1v) is 10.7. The molecular weight excluding hydrogens is 412 g/mol. The smallest absolute Gasteiger partial charge is 0.328 e. The van der Waals surface area contributed by atoms with Gasteiger partial charge in [0, 0.05) is 30.1 Å². The molecule has 162 valence electrons. The Balaban J connectivity index is 1.71. The fourth-order valence-electron chi connectivity index (χ4n) is 4.17. The van der Waals surface area contributed by atoms with E-state index >= 15 is 0 Å². The van der Waals surface area contributed by atoms with Gasteiger partial charge in [-0.05, 0) is 70.2 Å². The summed E-state index contributed by atoms with van der Waals surface area (Å²) < 4.78 is 2.03. The van der Waals surface area contributed by atoms with Gasteiger partial charge in [0.25, 0.3) is 0 Å². The molecule has 0 fully saturated rings. The summed E-state index contributed by atoms with van der Waals surface area (Å²) in [5, 5.41) is 17.1. The first-order valence-electron chi connectivity index (χ1n) is 10.7. The van der Waals surface area contributed by atoms with Crippen LogP contribution in [0.3, 0.4) is 0 Å². The molecule has 0 aliphatic rings. The van der Waals surface area contributed by atoms with Gasteiger partial charge in [0.1, 0.15) is 5.65 Å². The van der Waals surface area contributed by atoms with Gasteiger partial charge in [-0.3, -0.25) is 5.10 Å². The first kappa shape index (κ1) is 20.5. The Bertz CT molecular complexity index is 1520. The number of fused-ring (bicyclic) bond motifs is 2. The molecule has 5 rings (SSSR count). The molecular formula is C27H22N4O2. The summed E-state index contributed by atoms with van der Waals surface area (Å²) in [5.74, 6) is -0.962. The molecule has 0 amide bonds. The number of aromatic nitrogens is 4. The highest BCUT2D eigenvalue weighted by Gasteiger charge is 2.15. The van der Waals surface area contributed by atoms with Crippen molar-refractivity contribution in [3.05, 3.63) is 108 Å². The molecule has 0 aliphatic carbocycles. The molecule has 3 heterocycles. The molecule has 2 N–H and O–H groups in total. The zero-order valence-electron chi connectivity index (χ0n) is 18.1.